The maximum atomic E-state index is 12.2. The van der Waals surface area contributed by atoms with Crippen molar-refractivity contribution in [2.45, 2.75) is 52.0 Å². The topological polar surface area (TPSA) is 41.6 Å². The summed E-state index contributed by atoms with van der Waals surface area (Å²) >= 11 is 0. The first-order chi connectivity index (χ1) is 11.2. The van der Waals surface area contributed by atoms with E-state index in [1.165, 1.54) is 16.8 Å². The summed E-state index contributed by atoms with van der Waals surface area (Å²) in [6.45, 7) is 5.44. The normalized spacial score (nSPS) is 19.4. The number of esters is 1. The molecule has 0 amide bonds. The van der Waals surface area contributed by atoms with E-state index in [0.29, 0.717) is 6.61 Å². The zero-order chi connectivity index (χ0) is 16.2. The summed E-state index contributed by atoms with van der Waals surface area (Å²) in [5.41, 5.74) is 4.07. The Morgan fingerprint density at radius 1 is 1.33 bits per heavy atom. The van der Waals surface area contributed by atoms with Crippen LogP contribution in [0, 0.1) is 0 Å². The van der Waals surface area contributed by atoms with E-state index in [-0.39, 0.29) is 24.4 Å². The van der Waals surface area contributed by atoms with Crippen molar-refractivity contribution in [1.29, 1.82) is 0 Å². The molecule has 0 fully saturated rings. The maximum absolute atomic E-state index is 12.2. The van der Waals surface area contributed by atoms with E-state index in [9.17, 15) is 4.79 Å². The summed E-state index contributed by atoms with van der Waals surface area (Å²) in [6, 6.07) is 8.37. The minimum absolute atomic E-state index is 0. The summed E-state index contributed by atoms with van der Waals surface area (Å²) < 4.78 is 5.24. The highest BCUT2D eigenvalue weighted by molar-refractivity contribution is 5.85. The second kappa shape index (κ2) is 8.43. The number of allylic oxidation sites excluding steroid dienone is 1. The van der Waals surface area contributed by atoms with Crippen molar-refractivity contribution < 1.29 is 9.53 Å². The van der Waals surface area contributed by atoms with Crippen LogP contribution in [0.1, 0.15) is 45.1 Å². The van der Waals surface area contributed by atoms with Crippen molar-refractivity contribution in [3.8, 4) is 0 Å². The van der Waals surface area contributed by atoms with Crippen LogP contribution < -0.4 is 10.2 Å². The van der Waals surface area contributed by atoms with E-state index in [4.69, 9.17) is 4.74 Å². The molecule has 0 spiro atoms. The quantitative estimate of drug-likeness (QED) is 0.839. The van der Waals surface area contributed by atoms with Gasteiger partial charge in [0.2, 0.25) is 0 Å². The Hall–Kier alpha value is -1.68. The molecular weight excluding hydrogens is 324 g/mol. The molecule has 0 aromatic heterocycles. The molecule has 2 heterocycles. The van der Waals surface area contributed by atoms with Crippen LogP contribution in [-0.4, -0.2) is 25.2 Å². The monoisotopic (exact) mass is 350 g/mol. The smallest absolute Gasteiger partial charge is 0.328 e. The van der Waals surface area contributed by atoms with Crippen LogP contribution in [0.15, 0.2) is 35.7 Å². The molecule has 0 saturated heterocycles. The summed E-state index contributed by atoms with van der Waals surface area (Å²) in [5, 5.41) is 3.51. The third-order valence-electron chi connectivity index (χ3n) is 4.59. The average Bonchev–Trinajstić information content (AvgIpc) is 2.77. The second-order valence-corrected chi connectivity index (χ2v) is 6.25. The van der Waals surface area contributed by atoms with Crippen molar-refractivity contribution in [3.05, 3.63) is 41.2 Å². The zero-order valence-corrected chi connectivity index (χ0v) is 15.3. The van der Waals surface area contributed by atoms with Crippen LogP contribution in [0.3, 0.4) is 0 Å². The second-order valence-electron chi connectivity index (χ2n) is 6.25. The van der Waals surface area contributed by atoms with E-state index in [0.717, 1.165) is 44.5 Å². The number of para-hydroxylation sites is 1. The number of fused-ring (bicyclic) bond motifs is 1. The van der Waals surface area contributed by atoms with Gasteiger partial charge < -0.3 is 15.0 Å². The van der Waals surface area contributed by atoms with Gasteiger partial charge in [0, 0.05) is 12.2 Å². The molecule has 1 aromatic rings. The van der Waals surface area contributed by atoms with Crippen molar-refractivity contribution in [2.24, 2.45) is 0 Å². The molecule has 0 aliphatic carbocycles. The molecule has 1 aromatic carbocycles. The average molecular weight is 351 g/mol. The SMILES string of the molecule is CCCN1C2=C(CCCC(C(=O)OCC)N2)Cc2ccccc21.Cl. The van der Waals surface area contributed by atoms with Gasteiger partial charge in [-0.2, -0.15) is 0 Å². The molecule has 5 heteroatoms. The zero-order valence-electron chi connectivity index (χ0n) is 14.5. The lowest BCUT2D eigenvalue weighted by Gasteiger charge is -2.36. The Labute approximate surface area is 150 Å². The standard InChI is InChI=1S/C19H26N2O2.ClH/c1-3-12-21-17-11-6-5-8-14(17)13-15-9-7-10-16(20-18(15)21)19(22)23-4-2;/h5-6,8,11,16,20H,3-4,7,9-10,12-13H2,1-2H3;1H. The molecule has 24 heavy (non-hydrogen) atoms. The fraction of sp³-hybridized carbons (Fsp3) is 0.526. The predicted molar refractivity (Wildman–Crippen MR) is 99.5 cm³/mol. The lowest BCUT2D eigenvalue weighted by atomic mass is 9.95. The Morgan fingerprint density at radius 3 is 2.88 bits per heavy atom. The number of rotatable bonds is 4. The minimum Gasteiger partial charge on any atom is -0.464 e. The van der Waals surface area contributed by atoms with Crippen LogP contribution in [-0.2, 0) is 16.0 Å². The number of carbonyl (C=O) groups excluding carboxylic acids is 1. The van der Waals surface area contributed by atoms with Crippen LogP contribution in [0.4, 0.5) is 5.69 Å². The molecule has 132 valence electrons. The van der Waals surface area contributed by atoms with Gasteiger partial charge in [-0.15, -0.1) is 12.4 Å². The highest BCUT2D eigenvalue weighted by atomic mass is 35.5. The van der Waals surface area contributed by atoms with Gasteiger partial charge >= 0.3 is 5.97 Å². The van der Waals surface area contributed by atoms with Gasteiger partial charge in [-0.3, -0.25) is 0 Å². The largest absolute Gasteiger partial charge is 0.464 e. The molecule has 4 nitrogen and oxygen atoms in total. The molecule has 2 aliphatic rings. The number of benzene rings is 1. The van der Waals surface area contributed by atoms with Gasteiger partial charge in [-0.05, 0) is 56.2 Å². The number of nitrogens with one attached hydrogen (secondary N) is 1. The van der Waals surface area contributed by atoms with Crippen molar-refractivity contribution >= 4 is 24.1 Å². The molecule has 1 N–H and O–H groups in total. The number of hydrogen-bond donors (Lipinski definition) is 1. The van der Waals surface area contributed by atoms with Gasteiger partial charge in [0.25, 0.3) is 0 Å². The van der Waals surface area contributed by atoms with E-state index in [1.54, 1.807) is 0 Å². The Kier molecular flexibility index (Phi) is 6.55. The number of hydrogen-bond acceptors (Lipinski definition) is 4. The highest BCUT2D eigenvalue weighted by Crippen LogP contribution is 2.36. The third kappa shape index (κ3) is 3.69. The van der Waals surface area contributed by atoms with Crippen molar-refractivity contribution in [3.63, 3.8) is 0 Å². The lowest BCUT2D eigenvalue weighted by Crippen LogP contribution is -2.44. The molecule has 0 saturated carbocycles. The molecule has 0 radical (unpaired) electrons. The summed E-state index contributed by atoms with van der Waals surface area (Å²) in [7, 11) is 0. The summed E-state index contributed by atoms with van der Waals surface area (Å²) in [6.07, 6.45) is 4.96. The molecular formula is C19H27ClN2O2. The number of carbonyl (C=O) groups is 1. The molecule has 1 unspecified atom stereocenters. The van der Waals surface area contributed by atoms with Gasteiger partial charge in [0.15, 0.2) is 0 Å². The summed E-state index contributed by atoms with van der Waals surface area (Å²) in [5.74, 6) is 1.01. The molecule has 0 bridgehead atoms. The summed E-state index contributed by atoms with van der Waals surface area (Å²) in [4.78, 5) is 14.6. The van der Waals surface area contributed by atoms with Gasteiger partial charge in [0.1, 0.15) is 11.9 Å². The van der Waals surface area contributed by atoms with Gasteiger partial charge in [-0.1, -0.05) is 25.1 Å². The Morgan fingerprint density at radius 2 is 2.12 bits per heavy atom. The van der Waals surface area contributed by atoms with E-state index in [2.05, 4.69) is 41.4 Å². The third-order valence-corrected chi connectivity index (χ3v) is 4.59. The maximum Gasteiger partial charge on any atom is 0.328 e. The molecule has 2 aliphatic heterocycles. The van der Waals surface area contributed by atoms with Crippen LogP contribution in [0.5, 0.6) is 0 Å². The van der Waals surface area contributed by atoms with Gasteiger partial charge in [0.05, 0.1) is 6.61 Å². The van der Waals surface area contributed by atoms with Crippen LogP contribution >= 0.6 is 12.4 Å². The molecule has 1 atom stereocenters. The predicted octanol–water partition coefficient (Wildman–Crippen LogP) is 3.80. The molecule has 3 rings (SSSR count). The fourth-order valence-electron chi connectivity index (χ4n) is 3.57. The number of anilines is 1. The minimum atomic E-state index is -0.230. The van der Waals surface area contributed by atoms with E-state index >= 15 is 0 Å². The van der Waals surface area contributed by atoms with Crippen molar-refractivity contribution in [2.75, 3.05) is 18.1 Å². The van der Waals surface area contributed by atoms with E-state index < -0.39 is 0 Å². The van der Waals surface area contributed by atoms with Crippen molar-refractivity contribution in [1.82, 2.24) is 5.32 Å². The van der Waals surface area contributed by atoms with Crippen LogP contribution in [0.2, 0.25) is 0 Å². The van der Waals surface area contributed by atoms with Gasteiger partial charge in [-0.25, -0.2) is 4.79 Å². The van der Waals surface area contributed by atoms with Crippen LogP contribution in [0.25, 0.3) is 0 Å². The first-order valence-corrected chi connectivity index (χ1v) is 8.75. The number of halogens is 1. The van der Waals surface area contributed by atoms with E-state index in [1.807, 2.05) is 6.92 Å². The highest BCUT2D eigenvalue weighted by Gasteiger charge is 2.31. The number of ether oxygens (including phenoxy) is 1. The Balaban J connectivity index is 0.00000208. The first kappa shape index (κ1) is 18.7. The Bertz CT molecular complexity index is 615. The fourth-order valence-corrected chi connectivity index (χ4v) is 3.57. The number of nitrogens with zero attached hydrogens (tertiary/aromatic N) is 1. The first-order valence-electron chi connectivity index (χ1n) is 8.75. The lowest BCUT2D eigenvalue weighted by molar-refractivity contribution is -0.145.